The van der Waals surface area contributed by atoms with Gasteiger partial charge in [-0.3, -0.25) is 13.9 Å². The Balaban J connectivity index is 0.00000243. The summed E-state index contributed by atoms with van der Waals surface area (Å²) in [4.78, 5) is 24.9. The molecule has 7 heteroatoms. The van der Waals surface area contributed by atoms with E-state index in [1.54, 1.807) is 9.13 Å². The molecule has 0 spiro atoms. The second kappa shape index (κ2) is 9.78. The van der Waals surface area contributed by atoms with Gasteiger partial charge in [-0.15, -0.1) is 12.4 Å². The van der Waals surface area contributed by atoms with Crippen molar-refractivity contribution in [3.8, 4) is 0 Å². The van der Waals surface area contributed by atoms with E-state index < -0.39 is 0 Å². The van der Waals surface area contributed by atoms with Gasteiger partial charge < -0.3 is 10.6 Å². The molecule has 0 saturated carbocycles. The number of imidazole rings is 1. The third kappa shape index (κ3) is 4.68. The molecular weight excluding hydrogens is 352 g/mol. The maximum absolute atomic E-state index is 12.7. The highest BCUT2D eigenvalue weighted by Gasteiger charge is 2.15. The zero-order valence-corrected chi connectivity index (χ0v) is 16.2. The molecule has 0 radical (unpaired) electrons. The molecule has 2 N–H and O–H groups in total. The summed E-state index contributed by atoms with van der Waals surface area (Å²) in [6.07, 6.45) is 3.58. The number of nitrogens with one attached hydrogen (secondary N) is 2. The molecule has 26 heavy (non-hydrogen) atoms. The van der Waals surface area contributed by atoms with Crippen LogP contribution in [0.1, 0.15) is 32.6 Å². The molecule has 1 saturated heterocycles. The van der Waals surface area contributed by atoms with E-state index >= 15 is 0 Å². The molecule has 1 fully saturated rings. The predicted molar refractivity (Wildman–Crippen MR) is 107 cm³/mol. The lowest BCUT2D eigenvalue weighted by atomic mass is 10.00. The molecule has 1 atom stereocenters. The number of carbonyl (C=O) groups excluding carboxylic acids is 1. The van der Waals surface area contributed by atoms with Crippen molar-refractivity contribution in [2.24, 2.45) is 5.92 Å². The van der Waals surface area contributed by atoms with E-state index in [0.29, 0.717) is 25.4 Å². The molecule has 0 bridgehead atoms. The molecule has 3 rings (SSSR count). The molecule has 2 heterocycles. The fourth-order valence-corrected chi connectivity index (χ4v) is 3.59. The zero-order chi connectivity index (χ0) is 17.6. The number of hydrogen-bond acceptors (Lipinski definition) is 3. The number of carbonyl (C=O) groups is 1. The predicted octanol–water partition coefficient (Wildman–Crippen LogP) is 2.14. The molecule has 144 valence electrons. The van der Waals surface area contributed by atoms with E-state index in [0.717, 1.165) is 43.5 Å². The van der Waals surface area contributed by atoms with Gasteiger partial charge in [-0.05, 0) is 50.4 Å². The van der Waals surface area contributed by atoms with Gasteiger partial charge in [-0.2, -0.15) is 0 Å². The Morgan fingerprint density at radius 2 is 1.92 bits per heavy atom. The van der Waals surface area contributed by atoms with E-state index in [1.807, 2.05) is 24.3 Å². The summed E-state index contributed by atoms with van der Waals surface area (Å²) in [5.74, 6) is 0.539. The van der Waals surface area contributed by atoms with Crippen molar-refractivity contribution in [1.82, 2.24) is 19.8 Å². The SMILES string of the molecule is CCCn1c(=O)n(CCC(=O)NCC2CCCNC2)c2ccccc21.Cl. The Morgan fingerprint density at radius 3 is 2.54 bits per heavy atom. The molecule has 2 aromatic rings. The monoisotopic (exact) mass is 380 g/mol. The maximum Gasteiger partial charge on any atom is 0.329 e. The van der Waals surface area contributed by atoms with Gasteiger partial charge in [0.25, 0.3) is 0 Å². The van der Waals surface area contributed by atoms with Gasteiger partial charge in [0.05, 0.1) is 11.0 Å². The highest BCUT2D eigenvalue weighted by Crippen LogP contribution is 2.13. The summed E-state index contributed by atoms with van der Waals surface area (Å²) in [6, 6.07) is 7.81. The fourth-order valence-electron chi connectivity index (χ4n) is 3.59. The van der Waals surface area contributed by atoms with E-state index in [-0.39, 0.29) is 24.0 Å². The summed E-state index contributed by atoms with van der Waals surface area (Å²) >= 11 is 0. The molecular formula is C19H29ClN4O2. The van der Waals surface area contributed by atoms with Crippen LogP contribution in [-0.4, -0.2) is 34.7 Å². The number of aryl methyl sites for hydroxylation is 2. The summed E-state index contributed by atoms with van der Waals surface area (Å²) < 4.78 is 3.54. The van der Waals surface area contributed by atoms with E-state index in [2.05, 4.69) is 17.6 Å². The van der Waals surface area contributed by atoms with Crippen LogP contribution in [0, 0.1) is 5.92 Å². The number of amides is 1. The Bertz CT molecular complexity index is 777. The molecule has 1 aliphatic rings. The van der Waals surface area contributed by atoms with Crippen LogP contribution in [0.2, 0.25) is 0 Å². The van der Waals surface area contributed by atoms with Crippen molar-refractivity contribution in [3.63, 3.8) is 0 Å². The molecule has 1 aromatic heterocycles. The van der Waals surface area contributed by atoms with Gasteiger partial charge in [0.15, 0.2) is 0 Å². The Morgan fingerprint density at radius 1 is 1.23 bits per heavy atom. The average molecular weight is 381 g/mol. The Hall–Kier alpha value is -1.79. The van der Waals surface area contributed by atoms with Crippen molar-refractivity contribution < 1.29 is 4.79 Å². The van der Waals surface area contributed by atoms with Crippen molar-refractivity contribution in [2.75, 3.05) is 19.6 Å². The number of halogens is 1. The van der Waals surface area contributed by atoms with Gasteiger partial charge in [-0.1, -0.05) is 19.1 Å². The van der Waals surface area contributed by atoms with Crippen LogP contribution < -0.4 is 16.3 Å². The smallest absolute Gasteiger partial charge is 0.329 e. The summed E-state index contributed by atoms with van der Waals surface area (Å²) in [6.45, 7) is 5.96. The first kappa shape index (κ1) is 20.5. The average Bonchev–Trinajstić information content (AvgIpc) is 2.91. The van der Waals surface area contributed by atoms with Crippen LogP contribution in [-0.2, 0) is 17.9 Å². The second-order valence-corrected chi connectivity index (χ2v) is 6.84. The summed E-state index contributed by atoms with van der Waals surface area (Å²) in [7, 11) is 0. The molecule has 1 aromatic carbocycles. The van der Waals surface area contributed by atoms with Crippen LogP contribution >= 0.6 is 12.4 Å². The van der Waals surface area contributed by atoms with E-state index in [9.17, 15) is 9.59 Å². The third-order valence-electron chi connectivity index (χ3n) is 4.92. The molecule has 1 unspecified atom stereocenters. The molecule has 6 nitrogen and oxygen atoms in total. The normalized spacial score (nSPS) is 17.0. The van der Waals surface area contributed by atoms with Crippen LogP contribution in [0.25, 0.3) is 11.0 Å². The number of nitrogens with zero attached hydrogens (tertiary/aromatic N) is 2. The van der Waals surface area contributed by atoms with Crippen LogP contribution in [0.3, 0.4) is 0 Å². The minimum atomic E-state index is -0.0210. The van der Waals surface area contributed by atoms with Gasteiger partial charge in [0, 0.05) is 26.1 Å². The van der Waals surface area contributed by atoms with Crippen LogP contribution in [0.15, 0.2) is 29.1 Å². The number of fused-ring (bicyclic) bond motifs is 1. The van der Waals surface area contributed by atoms with Gasteiger partial charge >= 0.3 is 5.69 Å². The molecule has 0 aliphatic carbocycles. The topological polar surface area (TPSA) is 68.1 Å². The van der Waals surface area contributed by atoms with Crippen molar-refractivity contribution >= 4 is 29.3 Å². The molecule has 1 amide bonds. The van der Waals surface area contributed by atoms with Gasteiger partial charge in [0.1, 0.15) is 0 Å². The number of hydrogen-bond donors (Lipinski definition) is 2. The van der Waals surface area contributed by atoms with Crippen molar-refractivity contribution in [2.45, 2.75) is 45.7 Å². The van der Waals surface area contributed by atoms with Crippen LogP contribution in [0.4, 0.5) is 0 Å². The Kier molecular flexibility index (Phi) is 7.72. The van der Waals surface area contributed by atoms with Gasteiger partial charge in [-0.25, -0.2) is 4.79 Å². The number of rotatable bonds is 7. The fraction of sp³-hybridized carbons (Fsp3) is 0.579. The largest absolute Gasteiger partial charge is 0.356 e. The minimum Gasteiger partial charge on any atom is -0.356 e. The highest BCUT2D eigenvalue weighted by molar-refractivity contribution is 5.85. The number of benzene rings is 1. The number of piperidine rings is 1. The lowest BCUT2D eigenvalue weighted by Crippen LogP contribution is -2.38. The Labute approximate surface area is 160 Å². The summed E-state index contributed by atoms with van der Waals surface area (Å²) in [5.41, 5.74) is 1.83. The lowest BCUT2D eigenvalue weighted by Gasteiger charge is -2.22. The quantitative estimate of drug-likeness (QED) is 0.773. The van der Waals surface area contributed by atoms with Crippen molar-refractivity contribution in [3.05, 3.63) is 34.7 Å². The first-order chi connectivity index (χ1) is 12.2. The minimum absolute atomic E-state index is 0. The summed E-state index contributed by atoms with van der Waals surface area (Å²) in [5, 5.41) is 6.38. The lowest BCUT2D eigenvalue weighted by molar-refractivity contribution is -0.121. The highest BCUT2D eigenvalue weighted by atomic mass is 35.5. The standard InChI is InChI=1S/C19H28N4O2.ClH/c1-2-11-22-16-7-3-4-8-17(16)23(19(22)25)12-9-18(24)21-14-15-6-5-10-20-13-15;/h3-4,7-8,15,20H,2,5-6,9-14H2,1H3,(H,21,24);1H. The number of para-hydroxylation sites is 2. The zero-order valence-electron chi connectivity index (χ0n) is 15.4. The van der Waals surface area contributed by atoms with E-state index in [4.69, 9.17) is 0 Å². The first-order valence-electron chi connectivity index (χ1n) is 9.36. The second-order valence-electron chi connectivity index (χ2n) is 6.84. The van der Waals surface area contributed by atoms with Gasteiger partial charge in [0.2, 0.25) is 5.91 Å². The van der Waals surface area contributed by atoms with Crippen LogP contribution in [0.5, 0.6) is 0 Å². The number of aromatic nitrogens is 2. The first-order valence-corrected chi connectivity index (χ1v) is 9.36. The third-order valence-corrected chi connectivity index (χ3v) is 4.92. The van der Waals surface area contributed by atoms with E-state index in [1.165, 1.54) is 6.42 Å². The van der Waals surface area contributed by atoms with Crippen molar-refractivity contribution in [1.29, 1.82) is 0 Å². The maximum atomic E-state index is 12.7. The molecule has 1 aliphatic heterocycles.